The summed E-state index contributed by atoms with van der Waals surface area (Å²) in [4.78, 5) is 19.8. The highest BCUT2D eigenvalue weighted by molar-refractivity contribution is 5.98. The van der Waals surface area contributed by atoms with E-state index < -0.39 is 11.0 Å². The van der Waals surface area contributed by atoms with Crippen molar-refractivity contribution in [3.05, 3.63) is 75.3 Å². The molecule has 0 spiro atoms. The molecule has 4 rings (SSSR count). The van der Waals surface area contributed by atoms with Crippen LogP contribution in [-0.2, 0) is 0 Å². The van der Waals surface area contributed by atoms with Crippen molar-refractivity contribution in [2.45, 2.75) is 6.04 Å². The van der Waals surface area contributed by atoms with Gasteiger partial charge in [-0.2, -0.15) is 10.5 Å². The van der Waals surface area contributed by atoms with Crippen LogP contribution in [0.2, 0.25) is 0 Å². The molecule has 2 aromatic carbocycles. The highest BCUT2D eigenvalue weighted by Crippen LogP contribution is 2.44. The second kappa shape index (κ2) is 8.41. The third-order valence-corrected chi connectivity index (χ3v) is 4.83. The summed E-state index contributed by atoms with van der Waals surface area (Å²) in [6.07, 6.45) is 1.73. The minimum absolute atomic E-state index is 0.0188. The van der Waals surface area contributed by atoms with Crippen molar-refractivity contribution in [1.29, 1.82) is 10.5 Å². The summed E-state index contributed by atoms with van der Waals surface area (Å²) < 4.78 is 5.83. The number of nitro benzene ring substituents is 1. The summed E-state index contributed by atoms with van der Waals surface area (Å²) >= 11 is 0. The average Bonchev–Trinajstić information content (AvgIpc) is 2.79. The van der Waals surface area contributed by atoms with Crippen LogP contribution in [0.5, 0.6) is 11.5 Å². The number of nitriles is 2. The van der Waals surface area contributed by atoms with Crippen LogP contribution in [0.4, 0.5) is 23.0 Å². The Morgan fingerprint density at radius 2 is 1.91 bits per heavy atom. The lowest BCUT2D eigenvalue weighted by atomic mass is 9.94. The van der Waals surface area contributed by atoms with Gasteiger partial charge in [0.25, 0.3) is 5.69 Å². The minimum atomic E-state index is -1.09. The Morgan fingerprint density at radius 1 is 1.15 bits per heavy atom. The average molecular weight is 441 g/mol. The molecule has 1 atom stereocenters. The molecule has 0 saturated carbocycles. The predicted molar refractivity (Wildman–Crippen MR) is 119 cm³/mol. The molecule has 1 aliphatic rings. The van der Waals surface area contributed by atoms with E-state index in [-0.39, 0.29) is 45.7 Å². The van der Waals surface area contributed by atoms with Crippen LogP contribution in [0.15, 0.2) is 53.5 Å². The largest absolute Gasteiger partial charge is 0.457 e. The summed E-state index contributed by atoms with van der Waals surface area (Å²) in [7, 11) is 0. The van der Waals surface area contributed by atoms with Gasteiger partial charge >= 0.3 is 0 Å². The second-order valence-corrected chi connectivity index (χ2v) is 6.79. The van der Waals surface area contributed by atoms with Crippen molar-refractivity contribution in [3.63, 3.8) is 0 Å². The third-order valence-electron chi connectivity index (χ3n) is 4.83. The molecule has 12 nitrogen and oxygen atoms in total. The Morgan fingerprint density at radius 3 is 2.58 bits per heavy atom. The Hall–Kier alpha value is -5.36. The van der Waals surface area contributed by atoms with Gasteiger partial charge in [-0.25, -0.2) is 9.98 Å². The first-order valence-corrected chi connectivity index (χ1v) is 9.43. The van der Waals surface area contributed by atoms with Gasteiger partial charge in [-0.05, 0) is 24.3 Å². The van der Waals surface area contributed by atoms with E-state index in [0.717, 1.165) is 0 Å². The van der Waals surface area contributed by atoms with Gasteiger partial charge in [0.15, 0.2) is 6.19 Å². The summed E-state index contributed by atoms with van der Waals surface area (Å²) in [5.41, 5.74) is 12.0. The van der Waals surface area contributed by atoms with E-state index in [0.29, 0.717) is 11.5 Å². The summed E-state index contributed by atoms with van der Waals surface area (Å²) in [6, 6.07) is 13.9. The fourth-order valence-corrected chi connectivity index (χ4v) is 3.41. The number of nitrogen functional groups attached to an aromatic ring is 2. The van der Waals surface area contributed by atoms with E-state index in [1.165, 1.54) is 18.2 Å². The number of nitro groups is 1. The molecule has 0 saturated heterocycles. The number of hydrogen-bond acceptors (Lipinski definition) is 11. The summed E-state index contributed by atoms with van der Waals surface area (Å²) in [5, 5.41) is 35.4. The van der Waals surface area contributed by atoms with Gasteiger partial charge in [0.05, 0.1) is 16.2 Å². The molecule has 0 fully saturated rings. The van der Waals surface area contributed by atoms with E-state index >= 15 is 0 Å². The van der Waals surface area contributed by atoms with Crippen LogP contribution in [-0.4, -0.2) is 15.9 Å². The number of fused-ring (bicyclic) bond motifs is 1. The highest BCUT2D eigenvalue weighted by atomic mass is 16.6. The molecule has 0 bridgehead atoms. The minimum Gasteiger partial charge on any atom is -0.457 e. The molecular weight excluding hydrogens is 426 g/mol. The number of pyridine rings is 1. The van der Waals surface area contributed by atoms with E-state index in [1.807, 2.05) is 12.1 Å². The summed E-state index contributed by atoms with van der Waals surface area (Å²) in [6.45, 7) is 0. The molecule has 1 unspecified atom stereocenters. The number of nitrogens with zero attached hydrogens (tertiary/aromatic N) is 5. The molecule has 12 heteroatoms. The van der Waals surface area contributed by atoms with Crippen molar-refractivity contribution in [2.24, 2.45) is 4.99 Å². The number of nitrogens with one attached hydrogen (secondary N) is 2. The maximum atomic E-state index is 11.8. The molecule has 2 heterocycles. The Labute approximate surface area is 186 Å². The number of aliphatic imine (C=N–C) groups is 1. The van der Waals surface area contributed by atoms with Gasteiger partial charge in [0.2, 0.25) is 5.96 Å². The smallest absolute Gasteiger partial charge is 0.275 e. The molecule has 0 aliphatic carbocycles. The maximum absolute atomic E-state index is 11.8. The molecule has 6 N–H and O–H groups in total. The fraction of sp³-hybridized carbons (Fsp3) is 0.0476. The van der Waals surface area contributed by atoms with Gasteiger partial charge in [0, 0.05) is 11.6 Å². The number of guanidine groups is 1. The molecule has 3 aromatic rings. The SMILES string of the molecule is N#CNC1=NC(c2cc(Oc3ccccc3)ccc2[N+](=O)[O-])c2c(nc(N)c(C#N)c2N)N1. The first kappa shape index (κ1) is 20.9. The van der Waals surface area contributed by atoms with Gasteiger partial charge in [0.1, 0.15) is 40.8 Å². The zero-order valence-electron chi connectivity index (χ0n) is 16.8. The maximum Gasteiger partial charge on any atom is 0.275 e. The quantitative estimate of drug-likeness (QED) is 0.202. The molecule has 162 valence electrons. The first-order valence-electron chi connectivity index (χ1n) is 9.43. The lowest BCUT2D eigenvalue weighted by Gasteiger charge is -2.26. The Balaban J connectivity index is 1.93. The molecule has 0 radical (unpaired) electrons. The van der Waals surface area contributed by atoms with Crippen LogP contribution in [0, 0.1) is 32.9 Å². The monoisotopic (exact) mass is 441 g/mol. The second-order valence-electron chi connectivity index (χ2n) is 6.79. The molecule has 0 amide bonds. The molecule has 1 aromatic heterocycles. The van der Waals surface area contributed by atoms with Crippen LogP contribution in [0.25, 0.3) is 0 Å². The third kappa shape index (κ3) is 3.87. The zero-order chi connectivity index (χ0) is 23.5. The number of ether oxygens (including phenoxy) is 1. The Bertz CT molecular complexity index is 1370. The fourth-order valence-electron chi connectivity index (χ4n) is 3.41. The zero-order valence-corrected chi connectivity index (χ0v) is 16.8. The van der Waals surface area contributed by atoms with E-state index in [4.69, 9.17) is 21.5 Å². The normalized spacial score (nSPS) is 14.0. The lowest BCUT2D eigenvalue weighted by Crippen LogP contribution is -2.33. The molecule has 1 aliphatic heterocycles. The van der Waals surface area contributed by atoms with E-state index in [2.05, 4.69) is 20.6 Å². The van der Waals surface area contributed by atoms with Gasteiger partial charge < -0.3 is 21.5 Å². The van der Waals surface area contributed by atoms with Gasteiger partial charge in [-0.1, -0.05) is 18.2 Å². The summed E-state index contributed by atoms with van der Waals surface area (Å²) in [5.74, 6) is 0.808. The number of anilines is 3. The number of hydrogen-bond donors (Lipinski definition) is 4. The topological polar surface area (TPSA) is 201 Å². The number of nitrogens with two attached hydrogens (primary N) is 2. The lowest BCUT2D eigenvalue weighted by molar-refractivity contribution is -0.385. The van der Waals surface area contributed by atoms with Crippen molar-refractivity contribution in [3.8, 4) is 23.8 Å². The molecular formula is C21H15N9O3. The standard InChI is InChI=1S/C21H15N9O3/c22-9-14-17(24)16-18(27-21(26-10-23)29-20(16)28-19(14)25)13-8-12(6-7-15(13)30(31)32)33-11-4-2-1-3-5-11/h1-8,18H,(H6,24,25,26,27,28,29). The molecule has 33 heavy (non-hydrogen) atoms. The van der Waals surface area contributed by atoms with E-state index in [1.54, 1.807) is 30.5 Å². The van der Waals surface area contributed by atoms with Crippen molar-refractivity contribution >= 4 is 29.0 Å². The van der Waals surface area contributed by atoms with E-state index in [9.17, 15) is 15.4 Å². The number of rotatable bonds is 4. The Kier molecular flexibility index (Phi) is 5.32. The first-order chi connectivity index (χ1) is 15.9. The van der Waals surface area contributed by atoms with Gasteiger partial charge in [-0.15, -0.1) is 0 Å². The van der Waals surface area contributed by atoms with Crippen molar-refractivity contribution < 1.29 is 9.66 Å². The van der Waals surface area contributed by atoms with Crippen molar-refractivity contribution in [2.75, 3.05) is 16.8 Å². The number of aromatic nitrogens is 1. The predicted octanol–water partition coefficient (Wildman–Crippen LogP) is 2.76. The van der Waals surface area contributed by atoms with Crippen molar-refractivity contribution in [1.82, 2.24) is 10.3 Å². The van der Waals surface area contributed by atoms with Crippen LogP contribution < -0.4 is 26.8 Å². The van der Waals surface area contributed by atoms with Crippen LogP contribution in [0.3, 0.4) is 0 Å². The van der Waals surface area contributed by atoms with Gasteiger partial charge in [-0.3, -0.25) is 15.4 Å². The van der Waals surface area contributed by atoms with Crippen LogP contribution >= 0.6 is 0 Å². The highest BCUT2D eigenvalue weighted by Gasteiger charge is 2.34. The van der Waals surface area contributed by atoms with Crippen LogP contribution in [0.1, 0.15) is 22.7 Å². The number of benzene rings is 2. The number of para-hydroxylation sites is 1.